The molecule has 1 saturated carbocycles. The Labute approximate surface area is 338 Å². The molecule has 5 aliphatic rings. The van der Waals surface area contributed by atoms with Gasteiger partial charge in [-0.3, -0.25) is 14.8 Å². The highest BCUT2D eigenvalue weighted by Gasteiger charge is 2.54. The van der Waals surface area contributed by atoms with Crippen LogP contribution in [0.2, 0.25) is 5.02 Å². The summed E-state index contributed by atoms with van der Waals surface area (Å²) in [6.45, 7) is 6.94. The summed E-state index contributed by atoms with van der Waals surface area (Å²) in [7, 11) is 0. The average molecular weight is 811 g/mol. The first-order valence-electron chi connectivity index (χ1n) is 20.7. The van der Waals surface area contributed by atoms with Crippen molar-refractivity contribution in [2.75, 3.05) is 57.8 Å². The highest BCUT2D eigenvalue weighted by Crippen LogP contribution is 2.58. The van der Waals surface area contributed by atoms with Crippen LogP contribution in [0.5, 0.6) is 17.2 Å². The number of alkyl halides is 3. The second kappa shape index (κ2) is 16.1. The van der Waals surface area contributed by atoms with Gasteiger partial charge in [-0.1, -0.05) is 31.5 Å². The molecule has 0 radical (unpaired) electrons. The van der Waals surface area contributed by atoms with E-state index < -0.39 is 24.2 Å². The van der Waals surface area contributed by atoms with E-state index in [4.69, 9.17) is 25.8 Å². The number of aryl methyl sites for hydroxylation is 1. The molecule has 2 N–H and O–H groups in total. The van der Waals surface area contributed by atoms with Gasteiger partial charge in [-0.25, -0.2) is 4.79 Å². The molecule has 3 aliphatic carbocycles. The van der Waals surface area contributed by atoms with E-state index in [9.17, 15) is 23.1 Å². The topological polar surface area (TPSA) is 96.4 Å². The molecule has 0 bridgehead atoms. The van der Waals surface area contributed by atoms with Gasteiger partial charge in [-0.2, -0.15) is 13.2 Å². The van der Waals surface area contributed by atoms with Crippen molar-refractivity contribution in [2.45, 2.75) is 101 Å². The molecule has 3 aromatic rings. The third kappa shape index (κ3) is 8.55. The first-order chi connectivity index (χ1) is 27.3. The van der Waals surface area contributed by atoms with E-state index in [1.165, 1.54) is 21.6 Å². The van der Waals surface area contributed by atoms with Crippen molar-refractivity contribution in [2.24, 2.45) is 11.8 Å². The Balaban J connectivity index is 1.01. The van der Waals surface area contributed by atoms with Crippen LogP contribution in [0.1, 0.15) is 87.1 Å². The fourth-order valence-corrected chi connectivity index (χ4v) is 10.7. The summed E-state index contributed by atoms with van der Waals surface area (Å²) in [4.78, 5) is 21.4. The molecule has 0 amide bonds. The Morgan fingerprint density at radius 3 is 2.60 bits per heavy atom. The average Bonchev–Trinajstić information content (AvgIpc) is 3.44. The number of anilines is 1. The van der Waals surface area contributed by atoms with Gasteiger partial charge >= 0.3 is 12.1 Å². The number of nitrogens with one attached hydrogen (secondary N) is 1. The zero-order valence-corrected chi connectivity index (χ0v) is 33.6. The van der Waals surface area contributed by atoms with Crippen LogP contribution >= 0.6 is 11.6 Å². The van der Waals surface area contributed by atoms with Gasteiger partial charge in [-0.15, -0.1) is 0 Å². The zero-order valence-electron chi connectivity index (χ0n) is 32.9. The maximum atomic E-state index is 13.1. The van der Waals surface area contributed by atoms with Crippen LogP contribution in [0.15, 0.2) is 48.7 Å². The number of rotatable bonds is 11. The molecule has 1 aromatic heterocycles. The highest BCUT2D eigenvalue weighted by atomic mass is 35.5. The number of halogens is 4. The van der Waals surface area contributed by atoms with Gasteiger partial charge in [0, 0.05) is 60.9 Å². The summed E-state index contributed by atoms with van der Waals surface area (Å²) >= 11 is 6.30. The standard InChI is InChI=1S/C44H54ClF3N4O5/c1-28(25-55-37-9-14-49-36-8-3-5-29(2)40(36)37)19-31-20-30-21-38-39(57-34(26-56-38)24-51-15-17-52(18-16-51)27-44(46,47)48)23-35(30)42(31)10-12-43(13-11-42,41(53)54)50-33-7-4-6-32(45)22-33/h4,6-7,9,14,21-23,28-29,31,34,50H,3,5,8,10-13,15-20,24-27H2,1-2H3,(H,53,54)/t28-,29-,31?,34?,42?,43?/m1/s1. The van der Waals surface area contributed by atoms with Gasteiger partial charge in [-0.05, 0) is 128 Å². The molecule has 1 spiro atoms. The monoisotopic (exact) mass is 810 g/mol. The van der Waals surface area contributed by atoms with Crippen molar-refractivity contribution in [1.29, 1.82) is 0 Å². The number of benzene rings is 2. The summed E-state index contributed by atoms with van der Waals surface area (Å²) < 4.78 is 58.4. The molecule has 308 valence electrons. The summed E-state index contributed by atoms with van der Waals surface area (Å²) in [5.74, 6) is 2.38. The van der Waals surface area contributed by atoms with Crippen molar-refractivity contribution < 1.29 is 37.3 Å². The van der Waals surface area contributed by atoms with E-state index in [-0.39, 0.29) is 23.4 Å². The van der Waals surface area contributed by atoms with Crippen molar-refractivity contribution >= 4 is 23.3 Å². The second-order valence-corrected chi connectivity index (χ2v) is 17.8. The molecule has 3 heterocycles. The molecule has 9 nitrogen and oxygen atoms in total. The highest BCUT2D eigenvalue weighted by molar-refractivity contribution is 6.30. The third-order valence-corrected chi connectivity index (χ3v) is 13.6. The van der Waals surface area contributed by atoms with Gasteiger partial charge in [0.2, 0.25) is 0 Å². The number of piperazine rings is 1. The predicted molar refractivity (Wildman–Crippen MR) is 213 cm³/mol. The maximum absolute atomic E-state index is 13.1. The minimum atomic E-state index is -4.20. The lowest BCUT2D eigenvalue weighted by Gasteiger charge is -2.47. The second-order valence-electron chi connectivity index (χ2n) is 17.4. The molecule has 2 aromatic carbocycles. The first-order valence-corrected chi connectivity index (χ1v) is 21.0. The minimum absolute atomic E-state index is 0.239. The van der Waals surface area contributed by atoms with Gasteiger partial charge in [0.05, 0.1) is 13.2 Å². The summed E-state index contributed by atoms with van der Waals surface area (Å²) in [5, 5.41) is 14.6. The number of carbonyl (C=O) groups is 1. The van der Waals surface area contributed by atoms with Gasteiger partial charge in [0.15, 0.2) is 11.5 Å². The fourth-order valence-electron chi connectivity index (χ4n) is 10.5. The number of carboxylic acid groups (broad SMARTS) is 1. The Bertz CT molecular complexity index is 1930. The van der Waals surface area contributed by atoms with Crippen molar-refractivity contribution in [1.82, 2.24) is 14.8 Å². The van der Waals surface area contributed by atoms with Gasteiger partial charge in [0.25, 0.3) is 0 Å². The van der Waals surface area contributed by atoms with Crippen LogP contribution in [-0.2, 0) is 23.1 Å². The lowest BCUT2D eigenvalue weighted by atomic mass is 9.59. The molecule has 2 unspecified atom stereocenters. The molecule has 2 aliphatic heterocycles. The maximum Gasteiger partial charge on any atom is 0.401 e. The number of pyridine rings is 1. The number of nitrogens with zero attached hydrogens (tertiary/aromatic N) is 3. The number of fused-ring (bicyclic) bond motifs is 4. The third-order valence-electron chi connectivity index (χ3n) is 13.4. The Hall–Kier alpha value is -3.74. The molecule has 13 heteroatoms. The number of aromatic nitrogens is 1. The van der Waals surface area contributed by atoms with E-state index in [0.717, 1.165) is 43.5 Å². The van der Waals surface area contributed by atoms with E-state index in [0.29, 0.717) is 99.7 Å². The molecular weight excluding hydrogens is 757 g/mol. The molecule has 8 rings (SSSR count). The van der Waals surface area contributed by atoms with E-state index in [2.05, 4.69) is 41.2 Å². The van der Waals surface area contributed by atoms with Crippen LogP contribution in [0.3, 0.4) is 0 Å². The predicted octanol–water partition coefficient (Wildman–Crippen LogP) is 8.52. The van der Waals surface area contributed by atoms with Crippen LogP contribution < -0.4 is 19.5 Å². The molecule has 4 atom stereocenters. The van der Waals surface area contributed by atoms with Crippen molar-refractivity contribution in [3.63, 3.8) is 0 Å². The quantitative estimate of drug-likeness (QED) is 0.198. The number of ether oxygens (including phenoxy) is 3. The van der Waals surface area contributed by atoms with Crippen molar-refractivity contribution in [3.8, 4) is 17.2 Å². The van der Waals surface area contributed by atoms with E-state index in [1.54, 1.807) is 12.1 Å². The van der Waals surface area contributed by atoms with Crippen LogP contribution in [0, 0.1) is 11.8 Å². The zero-order chi connectivity index (χ0) is 40.0. The van der Waals surface area contributed by atoms with E-state index in [1.807, 2.05) is 24.4 Å². The summed E-state index contributed by atoms with van der Waals surface area (Å²) in [6.07, 6.45) is 4.67. The molecule has 2 fully saturated rings. The SMILES string of the molecule is C[C@@H](COc1ccnc2c1[C@H](C)CCC2)CC1Cc2cc3c(cc2C12CCC(Nc1cccc(Cl)c1)(C(=O)O)CC2)OC(CN1CCN(CC(F)(F)F)CC1)CO3. The molecular formula is C44H54ClF3N4O5. The van der Waals surface area contributed by atoms with Crippen LogP contribution in [-0.4, -0.2) is 96.2 Å². The number of aliphatic carboxylic acids is 1. The number of carboxylic acids is 1. The molecule has 57 heavy (non-hydrogen) atoms. The van der Waals surface area contributed by atoms with Gasteiger partial charge in [0.1, 0.15) is 24.0 Å². The minimum Gasteiger partial charge on any atom is -0.493 e. The Morgan fingerprint density at radius 1 is 1.09 bits per heavy atom. The smallest absolute Gasteiger partial charge is 0.401 e. The Kier molecular flexibility index (Phi) is 11.3. The summed E-state index contributed by atoms with van der Waals surface area (Å²) in [6, 6.07) is 13.5. The van der Waals surface area contributed by atoms with Crippen molar-refractivity contribution in [3.05, 3.63) is 76.1 Å². The van der Waals surface area contributed by atoms with Crippen LogP contribution in [0.4, 0.5) is 18.9 Å². The van der Waals surface area contributed by atoms with Crippen LogP contribution in [0.25, 0.3) is 0 Å². The lowest BCUT2D eigenvalue weighted by molar-refractivity contribution is -0.149. The number of hydrogen-bond donors (Lipinski definition) is 2. The van der Waals surface area contributed by atoms with E-state index >= 15 is 0 Å². The molecule has 1 saturated heterocycles. The van der Waals surface area contributed by atoms with Gasteiger partial charge < -0.3 is 24.6 Å². The first kappa shape index (κ1) is 40.1. The number of hydrogen-bond acceptors (Lipinski definition) is 8. The normalized spacial score (nSPS) is 28.1. The Morgan fingerprint density at radius 2 is 1.86 bits per heavy atom. The summed E-state index contributed by atoms with van der Waals surface area (Å²) in [5.41, 5.74) is 4.10. The largest absolute Gasteiger partial charge is 0.493 e. The lowest BCUT2D eigenvalue weighted by Crippen LogP contribution is -2.53. The fraction of sp³-hybridized carbons (Fsp3) is 0.591.